The van der Waals surface area contributed by atoms with Crippen LogP contribution in [0.25, 0.3) is 0 Å². The maximum absolute atomic E-state index is 5.64. The first kappa shape index (κ1) is 7.98. The largest absolute Gasteiger partial charge is 0.330 e. The molecule has 1 heterocycles. The van der Waals surface area contributed by atoms with Crippen molar-refractivity contribution in [1.29, 1.82) is 0 Å². The van der Waals surface area contributed by atoms with Crippen LogP contribution in [0.2, 0.25) is 0 Å². The van der Waals surface area contributed by atoms with Crippen LogP contribution >= 0.6 is 0 Å². The van der Waals surface area contributed by atoms with E-state index in [1.807, 2.05) is 0 Å². The molecule has 0 aromatic heterocycles. The number of piperidine rings is 1. The predicted octanol–water partition coefficient (Wildman–Crippen LogP) is -0.726. The Morgan fingerprint density at radius 3 is 1.90 bits per heavy atom. The number of nitrogens with one attached hydrogen (secondary N) is 1. The summed E-state index contributed by atoms with van der Waals surface area (Å²) >= 11 is 0. The highest BCUT2D eigenvalue weighted by atomic mass is 14.9. The summed E-state index contributed by atoms with van der Waals surface area (Å²) in [5.41, 5.74) is 11.5. The zero-order valence-corrected chi connectivity index (χ0v) is 6.40. The Labute approximate surface area is 62.2 Å². The third kappa shape index (κ3) is 1.48. The molecule has 1 fully saturated rings. The molecule has 0 aromatic carbocycles. The Kier molecular flexibility index (Phi) is 2.65. The number of hydrogen-bond donors (Lipinski definition) is 3. The van der Waals surface area contributed by atoms with Gasteiger partial charge in [-0.1, -0.05) is 0 Å². The lowest BCUT2D eigenvalue weighted by Gasteiger charge is -2.35. The van der Waals surface area contributed by atoms with E-state index in [9.17, 15) is 0 Å². The molecule has 0 saturated carbocycles. The van der Waals surface area contributed by atoms with Gasteiger partial charge in [0.1, 0.15) is 0 Å². The van der Waals surface area contributed by atoms with Crippen LogP contribution in [0.4, 0.5) is 0 Å². The van der Waals surface area contributed by atoms with Crippen LogP contribution in [0, 0.1) is 5.41 Å². The quantitative estimate of drug-likeness (QED) is 0.477. The molecule has 1 aliphatic heterocycles. The first-order valence-corrected chi connectivity index (χ1v) is 3.94. The molecule has 5 N–H and O–H groups in total. The molecule has 0 unspecified atom stereocenters. The van der Waals surface area contributed by atoms with E-state index >= 15 is 0 Å². The Morgan fingerprint density at radius 2 is 1.60 bits per heavy atom. The highest BCUT2D eigenvalue weighted by molar-refractivity contribution is 4.85. The molecule has 1 rings (SSSR count). The first-order valence-electron chi connectivity index (χ1n) is 3.94. The third-order valence-corrected chi connectivity index (χ3v) is 2.53. The van der Waals surface area contributed by atoms with E-state index in [0.29, 0.717) is 0 Å². The van der Waals surface area contributed by atoms with Crippen LogP contribution < -0.4 is 16.8 Å². The van der Waals surface area contributed by atoms with Crippen LogP contribution in [0.5, 0.6) is 0 Å². The monoisotopic (exact) mass is 143 g/mol. The minimum Gasteiger partial charge on any atom is -0.330 e. The fraction of sp³-hybridized carbons (Fsp3) is 1.00. The van der Waals surface area contributed by atoms with E-state index in [1.165, 1.54) is 0 Å². The van der Waals surface area contributed by atoms with Gasteiger partial charge in [0.15, 0.2) is 0 Å². The maximum atomic E-state index is 5.64. The Morgan fingerprint density at radius 1 is 1.10 bits per heavy atom. The molecular weight excluding hydrogens is 126 g/mol. The lowest BCUT2D eigenvalue weighted by atomic mass is 9.79. The molecule has 10 heavy (non-hydrogen) atoms. The van der Waals surface area contributed by atoms with Gasteiger partial charge < -0.3 is 16.8 Å². The lowest BCUT2D eigenvalue weighted by molar-refractivity contribution is 0.221. The van der Waals surface area contributed by atoms with Crippen molar-refractivity contribution in [2.24, 2.45) is 16.9 Å². The van der Waals surface area contributed by atoms with Crippen molar-refractivity contribution in [2.45, 2.75) is 12.8 Å². The second-order valence-electron chi connectivity index (χ2n) is 3.16. The van der Waals surface area contributed by atoms with Gasteiger partial charge >= 0.3 is 0 Å². The molecule has 0 radical (unpaired) electrons. The van der Waals surface area contributed by atoms with E-state index in [1.54, 1.807) is 0 Å². The summed E-state index contributed by atoms with van der Waals surface area (Å²) in [6, 6.07) is 0. The van der Waals surface area contributed by atoms with Gasteiger partial charge in [-0.2, -0.15) is 0 Å². The molecule has 60 valence electrons. The standard InChI is InChI=1S/C7H17N3/c8-5-7(6-9)1-3-10-4-2-7/h10H,1-6,8-9H2. The summed E-state index contributed by atoms with van der Waals surface area (Å²) in [7, 11) is 0. The summed E-state index contributed by atoms with van der Waals surface area (Å²) in [4.78, 5) is 0. The molecule has 0 aliphatic carbocycles. The normalized spacial score (nSPS) is 24.6. The van der Waals surface area contributed by atoms with Gasteiger partial charge in [-0.3, -0.25) is 0 Å². The van der Waals surface area contributed by atoms with Crippen molar-refractivity contribution >= 4 is 0 Å². The Balaban J connectivity index is 2.44. The molecular formula is C7H17N3. The molecule has 1 saturated heterocycles. The zero-order chi connectivity index (χ0) is 7.45. The molecule has 3 heteroatoms. The fourth-order valence-electron chi connectivity index (χ4n) is 1.45. The number of rotatable bonds is 2. The fourth-order valence-corrected chi connectivity index (χ4v) is 1.45. The molecule has 3 nitrogen and oxygen atoms in total. The minimum atomic E-state index is 0.255. The summed E-state index contributed by atoms with van der Waals surface area (Å²) < 4.78 is 0. The van der Waals surface area contributed by atoms with Gasteiger partial charge in [0, 0.05) is 0 Å². The van der Waals surface area contributed by atoms with Crippen LogP contribution in [0.1, 0.15) is 12.8 Å². The predicted molar refractivity (Wildman–Crippen MR) is 42.6 cm³/mol. The second kappa shape index (κ2) is 3.32. The zero-order valence-electron chi connectivity index (χ0n) is 6.40. The van der Waals surface area contributed by atoms with Crippen LogP contribution in [-0.4, -0.2) is 26.2 Å². The van der Waals surface area contributed by atoms with Gasteiger partial charge in [0.25, 0.3) is 0 Å². The molecule has 0 spiro atoms. The smallest absolute Gasteiger partial charge is 0.000748 e. The lowest BCUT2D eigenvalue weighted by Crippen LogP contribution is -2.46. The van der Waals surface area contributed by atoms with E-state index in [0.717, 1.165) is 39.0 Å². The molecule has 0 aromatic rings. The van der Waals surface area contributed by atoms with Gasteiger partial charge in [-0.25, -0.2) is 0 Å². The van der Waals surface area contributed by atoms with Gasteiger partial charge in [-0.05, 0) is 44.4 Å². The topological polar surface area (TPSA) is 64.1 Å². The van der Waals surface area contributed by atoms with E-state index in [-0.39, 0.29) is 5.41 Å². The second-order valence-corrected chi connectivity index (χ2v) is 3.16. The summed E-state index contributed by atoms with van der Waals surface area (Å²) in [5.74, 6) is 0. The van der Waals surface area contributed by atoms with Gasteiger partial charge in [0.2, 0.25) is 0 Å². The van der Waals surface area contributed by atoms with Crippen molar-refractivity contribution < 1.29 is 0 Å². The number of nitrogens with two attached hydrogens (primary N) is 2. The van der Waals surface area contributed by atoms with E-state index in [2.05, 4.69) is 5.32 Å². The summed E-state index contributed by atoms with van der Waals surface area (Å²) in [6.07, 6.45) is 2.28. The van der Waals surface area contributed by atoms with Gasteiger partial charge in [-0.15, -0.1) is 0 Å². The van der Waals surface area contributed by atoms with Gasteiger partial charge in [0.05, 0.1) is 0 Å². The number of hydrogen-bond acceptors (Lipinski definition) is 3. The maximum Gasteiger partial charge on any atom is -0.000748 e. The van der Waals surface area contributed by atoms with Crippen molar-refractivity contribution in [2.75, 3.05) is 26.2 Å². The van der Waals surface area contributed by atoms with E-state index < -0.39 is 0 Å². The third-order valence-electron chi connectivity index (χ3n) is 2.53. The highest BCUT2D eigenvalue weighted by Crippen LogP contribution is 2.25. The molecule has 0 atom stereocenters. The van der Waals surface area contributed by atoms with Crippen molar-refractivity contribution in [3.63, 3.8) is 0 Å². The van der Waals surface area contributed by atoms with Crippen LogP contribution in [-0.2, 0) is 0 Å². The summed E-state index contributed by atoms with van der Waals surface area (Å²) in [6.45, 7) is 3.64. The molecule has 1 aliphatic rings. The minimum absolute atomic E-state index is 0.255. The molecule has 0 bridgehead atoms. The Hall–Kier alpha value is -0.120. The van der Waals surface area contributed by atoms with Crippen molar-refractivity contribution in [3.05, 3.63) is 0 Å². The first-order chi connectivity index (χ1) is 4.83. The average Bonchev–Trinajstić information content (AvgIpc) is 2.06. The molecule has 0 amide bonds. The Bertz CT molecular complexity index is 91.0. The average molecular weight is 143 g/mol. The summed E-state index contributed by atoms with van der Waals surface area (Å²) in [5, 5.41) is 3.30. The van der Waals surface area contributed by atoms with Crippen molar-refractivity contribution in [1.82, 2.24) is 5.32 Å². The SMILES string of the molecule is NCC1(CN)CCNCC1. The van der Waals surface area contributed by atoms with Crippen LogP contribution in [0.15, 0.2) is 0 Å². The highest BCUT2D eigenvalue weighted by Gasteiger charge is 2.28. The van der Waals surface area contributed by atoms with E-state index in [4.69, 9.17) is 11.5 Å². The van der Waals surface area contributed by atoms with Crippen molar-refractivity contribution in [3.8, 4) is 0 Å². The van der Waals surface area contributed by atoms with Crippen LogP contribution in [0.3, 0.4) is 0 Å².